The van der Waals surface area contributed by atoms with Crippen molar-refractivity contribution in [1.29, 1.82) is 0 Å². The Bertz CT molecular complexity index is 562. The van der Waals surface area contributed by atoms with Crippen LogP contribution in [0.15, 0.2) is 36.7 Å². The third-order valence-corrected chi connectivity index (χ3v) is 4.14. The van der Waals surface area contributed by atoms with E-state index in [9.17, 15) is 0 Å². The first-order valence-corrected chi connectivity index (χ1v) is 7.67. The van der Waals surface area contributed by atoms with Crippen molar-refractivity contribution in [1.82, 2.24) is 10.3 Å². The van der Waals surface area contributed by atoms with Crippen molar-refractivity contribution in [3.05, 3.63) is 36.7 Å². The fourth-order valence-electron chi connectivity index (χ4n) is 3.08. The smallest absolute Gasteiger partial charge is 0.0447 e. The van der Waals surface area contributed by atoms with Gasteiger partial charge in [-0.3, -0.25) is 4.98 Å². The van der Waals surface area contributed by atoms with Gasteiger partial charge in [-0.1, -0.05) is 19.1 Å². The predicted octanol–water partition coefficient (Wildman–Crippen LogP) is 3.06. The Balaban J connectivity index is 1.73. The zero-order valence-corrected chi connectivity index (χ0v) is 12.2. The molecule has 3 heteroatoms. The Labute approximate surface area is 121 Å². The number of anilines is 1. The van der Waals surface area contributed by atoms with E-state index in [1.807, 2.05) is 12.4 Å². The van der Waals surface area contributed by atoms with Crippen LogP contribution < -0.4 is 10.2 Å². The summed E-state index contributed by atoms with van der Waals surface area (Å²) in [5, 5.41) is 6.11. The summed E-state index contributed by atoms with van der Waals surface area (Å²) in [6.45, 7) is 6.84. The molecule has 1 aliphatic heterocycles. The molecule has 3 rings (SSSR count). The van der Waals surface area contributed by atoms with Gasteiger partial charge in [0.1, 0.15) is 0 Å². The predicted molar refractivity (Wildman–Crippen MR) is 85.2 cm³/mol. The van der Waals surface area contributed by atoms with Crippen molar-refractivity contribution in [2.24, 2.45) is 5.92 Å². The van der Waals surface area contributed by atoms with E-state index in [0.717, 1.165) is 25.6 Å². The Morgan fingerprint density at radius 2 is 2.30 bits per heavy atom. The van der Waals surface area contributed by atoms with E-state index in [1.54, 1.807) is 0 Å². The summed E-state index contributed by atoms with van der Waals surface area (Å²) in [7, 11) is 0. The Hall–Kier alpha value is -1.61. The number of nitrogens with one attached hydrogen (secondary N) is 1. The van der Waals surface area contributed by atoms with Crippen molar-refractivity contribution in [2.75, 3.05) is 31.1 Å². The fraction of sp³-hybridized carbons (Fsp3) is 0.471. The monoisotopic (exact) mass is 269 g/mol. The highest BCUT2D eigenvalue weighted by Gasteiger charge is 2.23. The number of nitrogens with zero attached hydrogens (tertiary/aromatic N) is 2. The molecule has 1 unspecified atom stereocenters. The maximum Gasteiger partial charge on any atom is 0.0447 e. The molecule has 1 aromatic carbocycles. The summed E-state index contributed by atoms with van der Waals surface area (Å²) in [6.07, 6.45) is 6.35. The molecule has 0 bridgehead atoms. The lowest BCUT2D eigenvalue weighted by molar-refractivity contribution is 0.516. The molecule has 0 saturated carbocycles. The standard InChI is InChI=1S/C17H23N3/c1-2-8-18-11-14-7-10-20(13-14)17-5-3-4-15-12-19-9-6-16(15)17/h3-6,9,12,14,18H,2,7-8,10-11,13H2,1H3. The van der Waals surface area contributed by atoms with E-state index in [1.165, 1.54) is 35.8 Å². The normalized spacial score (nSPS) is 18.9. The first-order chi connectivity index (χ1) is 9.88. The van der Waals surface area contributed by atoms with Crippen LogP contribution in [0.2, 0.25) is 0 Å². The van der Waals surface area contributed by atoms with E-state index in [4.69, 9.17) is 0 Å². The first-order valence-electron chi connectivity index (χ1n) is 7.67. The third-order valence-electron chi connectivity index (χ3n) is 4.14. The van der Waals surface area contributed by atoms with Crippen LogP contribution in [0, 0.1) is 5.92 Å². The van der Waals surface area contributed by atoms with Crippen molar-refractivity contribution < 1.29 is 0 Å². The second-order valence-corrected chi connectivity index (χ2v) is 5.68. The van der Waals surface area contributed by atoms with E-state index in [-0.39, 0.29) is 0 Å². The van der Waals surface area contributed by atoms with Gasteiger partial charge in [-0.2, -0.15) is 0 Å². The van der Waals surface area contributed by atoms with Crippen LogP contribution in [0.25, 0.3) is 10.8 Å². The first kappa shape index (κ1) is 13.4. The summed E-state index contributed by atoms with van der Waals surface area (Å²) in [6, 6.07) is 8.65. The minimum Gasteiger partial charge on any atom is -0.371 e. The van der Waals surface area contributed by atoms with Gasteiger partial charge in [0.05, 0.1) is 0 Å². The number of aromatic nitrogens is 1. The second kappa shape index (κ2) is 6.23. The zero-order valence-electron chi connectivity index (χ0n) is 12.2. The van der Waals surface area contributed by atoms with Gasteiger partial charge in [-0.15, -0.1) is 0 Å². The number of hydrogen-bond donors (Lipinski definition) is 1. The van der Waals surface area contributed by atoms with Crippen LogP contribution in [-0.2, 0) is 0 Å². The molecule has 2 heterocycles. The van der Waals surface area contributed by atoms with Crippen molar-refractivity contribution >= 4 is 16.5 Å². The van der Waals surface area contributed by atoms with E-state index in [2.05, 4.69) is 46.4 Å². The molecule has 20 heavy (non-hydrogen) atoms. The second-order valence-electron chi connectivity index (χ2n) is 5.68. The van der Waals surface area contributed by atoms with Crippen LogP contribution in [0.4, 0.5) is 5.69 Å². The maximum atomic E-state index is 4.22. The van der Waals surface area contributed by atoms with Crippen molar-refractivity contribution in [3.8, 4) is 0 Å². The van der Waals surface area contributed by atoms with Gasteiger partial charge in [0, 0.05) is 41.9 Å². The highest BCUT2D eigenvalue weighted by Crippen LogP contribution is 2.30. The Morgan fingerprint density at radius 1 is 1.35 bits per heavy atom. The summed E-state index contributed by atoms with van der Waals surface area (Å²) < 4.78 is 0. The van der Waals surface area contributed by atoms with Gasteiger partial charge >= 0.3 is 0 Å². The van der Waals surface area contributed by atoms with Crippen LogP contribution >= 0.6 is 0 Å². The lowest BCUT2D eigenvalue weighted by Gasteiger charge is -2.21. The molecular formula is C17H23N3. The van der Waals surface area contributed by atoms with Gasteiger partial charge in [0.25, 0.3) is 0 Å². The summed E-state index contributed by atoms with van der Waals surface area (Å²) in [5.41, 5.74) is 1.36. The molecule has 1 saturated heterocycles. The van der Waals surface area contributed by atoms with Crippen LogP contribution in [0.1, 0.15) is 19.8 Å². The molecule has 0 spiro atoms. The van der Waals surface area contributed by atoms with Gasteiger partial charge in [-0.25, -0.2) is 0 Å². The van der Waals surface area contributed by atoms with E-state index in [0.29, 0.717) is 0 Å². The third kappa shape index (κ3) is 2.78. The van der Waals surface area contributed by atoms with Crippen molar-refractivity contribution in [2.45, 2.75) is 19.8 Å². The number of fused-ring (bicyclic) bond motifs is 1. The molecule has 1 atom stereocenters. The Morgan fingerprint density at radius 3 is 3.20 bits per heavy atom. The summed E-state index contributed by atoms with van der Waals surface area (Å²) in [4.78, 5) is 6.75. The lowest BCUT2D eigenvalue weighted by Crippen LogP contribution is -2.26. The molecule has 106 valence electrons. The molecule has 0 aliphatic carbocycles. The molecule has 1 fully saturated rings. The molecular weight excluding hydrogens is 246 g/mol. The maximum absolute atomic E-state index is 4.22. The number of pyridine rings is 1. The van der Waals surface area contributed by atoms with Gasteiger partial charge < -0.3 is 10.2 Å². The lowest BCUT2D eigenvalue weighted by atomic mass is 10.1. The van der Waals surface area contributed by atoms with Gasteiger partial charge in [0.15, 0.2) is 0 Å². The summed E-state index contributed by atoms with van der Waals surface area (Å²) in [5.74, 6) is 0.777. The Kier molecular flexibility index (Phi) is 4.16. The largest absolute Gasteiger partial charge is 0.371 e. The topological polar surface area (TPSA) is 28.2 Å². The highest BCUT2D eigenvalue weighted by atomic mass is 15.2. The zero-order chi connectivity index (χ0) is 13.8. The minimum absolute atomic E-state index is 0.777. The minimum atomic E-state index is 0.777. The number of hydrogen-bond acceptors (Lipinski definition) is 3. The van der Waals surface area contributed by atoms with E-state index < -0.39 is 0 Å². The SMILES string of the molecule is CCCNCC1CCN(c2cccc3cnccc23)C1. The molecule has 0 radical (unpaired) electrons. The van der Waals surface area contributed by atoms with Crippen LogP contribution in [0.5, 0.6) is 0 Å². The van der Waals surface area contributed by atoms with E-state index >= 15 is 0 Å². The molecule has 1 N–H and O–H groups in total. The van der Waals surface area contributed by atoms with Crippen LogP contribution in [0.3, 0.4) is 0 Å². The number of benzene rings is 1. The number of rotatable bonds is 5. The van der Waals surface area contributed by atoms with Crippen LogP contribution in [-0.4, -0.2) is 31.2 Å². The molecule has 2 aromatic rings. The average Bonchev–Trinajstić information content (AvgIpc) is 2.96. The summed E-state index contributed by atoms with van der Waals surface area (Å²) >= 11 is 0. The van der Waals surface area contributed by atoms with Gasteiger partial charge in [-0.05, 0) is 44.0 Å². The average molecular weight is 269 g/mol. The molecule has 0 amide bonds. The molecule has 3 nitrogen and oxygen atoms in total. The van der Waals surface area contributed by atoms with Gasteiger partial charge in [0.2, 0.25) is 0 Å². The molecule has 1 aromatic heterocycles. The van der Waals surface area contributed by atoms with Crippen molar-refractivity contribution in [3.63, 3.8) is 0 Å². The quantitative estimate of drug-likeness (QED) is 0.846. The highest BCUT2D eigenvalue weighted by molar-refractivity contribution is 5.93. The fourth-order valence-corrected chi connectivity index (χ4v) is 3.08. The molecule has 1 aliphatic rings.